The van der Waals surface area contributed by atoms with Crippen molar-refractivity contribution in [3.8, 4) is 5.75 Å². The number of carbonyl (C=O) groups excluding carboxylic acids is 4. The van der Waals surface area contributed by atoms with Gasteiger partial charge in [0.05, 0.1) is 18.7 Å². The molecule has 16 nitrogen and oxygen atoms in total. The Kier molecular flexibility index (Phi) is 13.6. The first kappa shape index (κ1) is 37.2. The molecule has 2 heterocycles. The normalized spacial score (nSPS) is 14.4. The molecule has 4 amide bonds. The molecule has 0 aliphatic heterocycles. The van der Waals surface area contributed by atoms with Crippen molar-refractivity contribution in [2.75, 3.05) is 0 Å². The van der Waals surface area contributed by atoms with Gasteiger partial charge < -0.3 is 47.2 Å². The van der Waals surface area contributed by atoms with Crippen molar-refractivity contribution < 1.29 is 34.2 Å². The van der Waals surface area contributed by atoms with E-state index in [9.17, 15) is 34.2 Å². The Hall–Kier alpha value is -5.25. The third kappa shape index (κ3) is 11.5. The summed E-state index contributed by atoms with van der Waals surface area (Å²) in [5, 5.41) is 30.0. The van der Waals surface area contributed by atoms with Gasteiger partial charge in [-0.05, 0) is 36.0 Å². The number of nitrogens with zero attached hydrogens (tertiary/aromatic N) is 2. The molecule has 16 heteroatoms. The Bertz CT molecular complexity index is 1490. The van der Waals surface area contributed by atoms with E-state index in [4.69, 9.17) is 5.73 Å². The Labute approximate surface area is 278 Å². The molecule has 0 unspecified atom stereocenters. The highest BCUT2D eigenvalue weighted by atomic mass is 16.4. The van der Waals surface area contributed by atoms with E-state index in [0.717, 1.165) is 0 Å². The lowest BCUT2D eigenvalue weighted by atomic mass is 9.99. The summed E-state index contributed by atoms with van der Waals surface area (Å²) in [6.07, 6.45) is 5.99. The first-order valence-corrected chi connectivity index (χ1v) is 15.7. The highest BCUT2D eigenvalue weighted by molar-refractivity contribution is 5.95. The molecule has 0 radical (unpaired) electrons. The van der Waals surface area contributed by atoms with Crippen LogP contribution < -0.4 is 27.0 Å². The van der Waals surface area contributed by atoms with Crippen LogP contribution in [0.15, 0.2) is 49.3 Å². The average Bonchev–Trinajstić information content (AvgIpc) is 3.74. The summed E-state index contributed by atoms with van der Waals surface area (Å²) in [7, 11) is 0. The molecule has 0 fully saturated rings. The topological polar surface area (TPSA) is 257 Å². The third-order valence-corrected chi connectivity index (χ3v) is 7.52. The largest absolute Gasteiger partial charge is 0.508 e. The van der Waals surface area contributed by atoms with Crippen molar-refractivity contribution in [3.05, 3.63) is 66.3 Å². The minimum absolute atomic E-state index is 0.0315. The lowest BCUT2D eigenvalue weighted by Gasteiger charge is -2.28. The lowest BCUT2D eigenvalue weighted by molar-refractivity contribution is -0.142. The number of phenolic OH excluding ortho intramolecular Hbond substituents is 1. The SMILES string of the molecule is CC(C)C[C@H](N)C(=O)N[C@@H](Cc1ccc(O)cc1)C(=O)N[C@H](C(=O)N[C@@H](Cc1cnc[nH]1)C(=O)N[C@@H](Cc1cnc[nH]1)C(=O)O)C(C)C. The van der Waals surface area contributed by atoms with Gasteiger partial charge in [0.25, 0.3) is 0 Å². The highest BCUT2D eigenvalue weighted by Crippen LogP contribution is 2.13. The molecule has 3 aromatic rings. The monoisotopic (exact) mass is 667 g/mol. The quantitative estimate of drug-likeness (QED) is 0.0872. The smallest absolute Gasteiger partial charge is 0.326 e. The molecule has 5 atom stereocenters. The van der Waals surface area contributed by atoms with Crippen LogP contribution in [0.25, 0.3) is 0 Å². The van der Waals surface area contributed by atoms with Gasteiger partial charge in [0.15, 0.2) is 0 Å². The minimum Gasteiger partial charge on any atom is -0.508 e. The van der Waals surface area contributed by atoms with Gasteiger partial charge in [-0.2, -0.15) is 0 Å². The summed E-state index contributed by atoms with van der Waals surface area (Å²) in [4.78, 5) is 79.3. The molecule has 0 aliphatic rings. The fourth-order valence-electron chi connectivity index (χ4n) is 4.94. The van der Waals surface area contributed by atoms with Crippen LogP contribution >= 0.6 is 0 Å². The first-order chi connectivity index (χ1) is 22.7. The maximum absolute atomic E-state index is 13.7. The van der Waals surface area contributed by atoms with Crippen LogP contribution in [0.4, 0.5) is 0 Å². The third-order valence-electron chi connectivity index (χ3n) is 7.52. The zero-order valence-corrected chi connectivity index (χ0v) is 27.4. The molecule has 3 rings (SSSR count). The second-order valence-corrected chi connectivity index (χ2v) is 12.4. The van der Waals surface area contributed by atoms with Crippen LogP contribution in [0, 0.1) is 11.8 Å². The number of rotatable bonds is 18. The first-order valence-electron chi connectivity index (χ1n) is 15.7. The van der Waals surface area contributed by atoms with Crippen molar-refractivity contribution in [2.24, 2.45) is 17.6 Å². The molecule has 0 spiro atoms. The number of hydrogen-bond acceptors (Lipinski definition) is 9. The molecule has 0 saturated carbocycles. The Balaban J connectivity index is 1.80. The number of H-pyrrole nitrogens is 2. The van der Waals surface area contributed by atoms with Crippen LogP contribution in [0.1, 0.15) is 51.1 Å². The van der Waals surface area contributed by atoms with Crippen molar-refractivity contribution in [1.29, 1.82) is 0 Å². The van der Waals surface area contributed by atoms with Gasteiger partial charge in [-0.15, -0.1) is 0 Å². The summed E-state index contributed by atoms with van der Waals surface area (Å²) < 4.78 is 0. The number of benzene rings is 1. The van der Waals surface area contributed by atoms with Gasteiger partial charge in [-0.25, -0.2) is 14.8 Å². The number of amides is 4. The van der Waals surface area contributed by atoms with Crippen molar-refractivity contribution in [2.45, 2.75) is 83.6 Å². The fourth-order valence-corrected chi connectivity index (χ4v) is 4.94. The van der Waals surface area contributed by atoms with Gasteiger partial charge in [-0.3, -0.25) is 19.2 Å². The van der Waals surface area contributed by atoms with E-state index in [1.807, 2.05) is 13.8 Å². The number of phenols is 1. The average molecular weight is 668 g/mol. The fraction of sp³-hybridized carbons (Fsp3) is 0.469. The second kappa shape index (κ2) is 17.6. The van der Waals surface area contributed by atoms with Crippen LogP contribution in [-0.2, 0) is 43.2 Å². The molecule has 260 valence electrons. The minimum atomic E-state index is -1.33. The molecule has 0 aliphatic carbocycles. The molecule has 0 bridgehead atoms. The van der Waals surface area contributed by atoms with Crippen molar-refractivity contribution >= 4 is 29.6 Å². The number of aromatic amines is 2. The van der Waals surface area contributed by atoms with E-state index in [0.29, 0.717) is 23.4 Å². The zero-order chi connectivity index (χ0) is 35.4. The molecule has 48 heavy (non-hydrogen) atoms. The van der Waals surface area contributed by atoms with Gasteiger partial charge >= 0.3 is 5.97 Å². The van der Waals surface area contributed by atoms with Crippen LogP contribution in [0.3, 0.4) is 0 Å². The maximum Gasteiger partial charge on any atom is 0.326 e. The predicted molar refractivity (Wildman–Crippen MR) is 174 cm³/mol. The van der Waals surface area contributed by atoms with Gasteiger partial charge in [0.1, 0.15) is 29.9 Å². The number of carboxylic acid groups (broad SMARTS) is 1. The summed E-state index contributed by atoms with van der Waals surface area (Å²) in [6.45, 7) is 7.23. The summed E-state index contributed by atoms with van der Waals surface area (Å²) in [5.74, 6) is -4.26. The van der Waals surface area contributed by atoms with Gasteiger partial charge in [-0.1, -0.05) is 39.8 Å². The lowest BCUT2D eigenvalue weighted by Crippen LogP contribution is -2.60. The highest BCUT2D eigenvalue weighted by Gasteiger charge is 2.33. The van der Waals surface area contributed by atoms with Gasteiger partial charge in [0, 0.05) is 43.0 Å². The number of imidazole rings is 2. The Morgan fingerprint density at radius 1 is 0.729 bits per heavy atom. The zero-order valence-electron chi connectivity index (χ0n) is 27.4. The number of aliphatic carboxylic acids is 1. The number of carbonyl (C=O) groups is 5. The number of aromatic hydroxyl groups is 1. The maximum atomic E-state index is 13.7. The van der Waals surface area contributed by atoms with Crippen LogP contribution in [-0.4, -0.2) is 90.0 Å². The van der Waals surface area contributed by atoms with Crippen LogP contribution in [0.2, 0.25) is 0 Å². The standard InChI is InChI=1S/C32H45N9O7/c1-17(2)9-23(33)28(43)38-24(10-19-5-7-22(42)8-6-19)30(45)41-27(18(3)4)31(46)39-25(11-20-13-34-15-36-20)29(44)40-26(32(47)48)12-21-14-35-16-37-21/h5-8,13-18,23-27,42H,9-12,33H2,1-4H3,(H,34,36)(H,35,37)(H,38,43)(H,39,46)(H,40,44)(H,41,45)(H,47,48)/t23-,24-,25-,26-,27-/m0/s1. The second-order valence-electron chi connectivity index (χ2n) is 12.4. The number of nitrogens with two attached hydrogens (primary N) is 1. The molecule has 0 saturated heterocycles. The van der Waals surface area contributed by atoms with E-state index >= 15 is 0 Å². The summed E-state index contributed by atoms with van der Waals surface area (Å²) >= 11 is 0. The molecule has 2 aromatic heterocycles. The molecule has 1 aromatic carbocycles. The van der Waals surface area contributed by atoms with E-state index in [1.165, 1.54) is 37.2 Å². The Morgan fingerprint density at radius 3 is 1.73 bits per heavy atom. The molecule has 10 N–H and O–H groups in total. The number of carboxylic acids is 1. The van der Waals surface area contributed by atoms with E-state index in [-0.39, 0.29) is 30.9 Å². The molecular weight excluding hydrogens is 622 g/mol. The van der Waals surface area contributed by atoms with Gasteiger partial charge in [0.2, 0.25) is 23.6 Å². The van der Waals surface area contributed by atoms with Crippen molar-refractivity contribution in [3.63, 3.8) is 0 Å². The number of hydrogen-bond donors (Lipinski definition) is 9. The summed E-state index contributed by atoms with van der Waals surface area (Å²) in [6, 6.07) is 0.401. The Morgan fingerprint density at radius 2 is 1.23 bits per heavy atom. The number of nitrogens with one attached hydrogen (secondary N) is 6. The van der Waals surface area contributed by atoms with E-state index in [1.54, 1.807) is 26.0 Å². The summed E-state index contributed by atoms with van der Waals surface area (Å²) in [5.41, 5.74) is 7.69. The van der Waals surface area contributed by atoms with E-state index < -0.39 is 65.7 Å². The van der Waals surface area contributed by atoms with Crippen LogP contribution in [0.5, 0.6) is 5.75 Å². The number of aromatic nitrogens is 4. The molecular formula is C32H45N9O7. The van der Waals surface area contributed by atoms with E-state index in [2.05, 4.69) is 41.2 Å². The van der Waals surface area contributed by atoms with Crippen molar-refractivity contribution in [1.82, 2.24) is 41.2 Å². The predicted octanol–water partition coefficient (Wildman–Crippen LogP) is -0.0805.